The van der Waals surface area contributed by atoms with E-state index in [9.17, 15) is 0 Å². The van der Waals surface area contributed by atoms with Crippen LogP contribution in [-0.4, -0.2) is 0 Å². The lowest BCUT2D eigenvalue weighted by Crippen LogP contribution is -2.11. The largest absolute Gasteiger partial charge is 0.399 e. The van der Waals surface area contributed by atoms with Gasteiger partial charge >= 0.3 is 0 Å². The van der Waals surface area contributed by atoms with Crippen molar-refractivity contribution >= 4 is 11.3 Å². The monoisotopic (exact) mass is 385 g/mol. The van der Waals surface area contributed by atoms with Crippen molar-refractivity contribution in [1.29, 1.82) is 0 Å². The van der Waals surface area contributed by atoms with Crippen molar-refractivity contribution in [2.75, 3.05) is 5.73 Å². The Morgan fingerprint density at radius 3 is 2.10 bits per heavy atom. The second kappa shape index (κ2) is 8.06. The Hall–Kier alpha value is -2.54. The molecular formula is C28H35N. The number of anilines is 1. The summed E-state index contributed by atoms with van der Waals surface area (Å²) in [6, 6.07) is 15.2. The highest BCUT2D eigenvalue weighted by atomic mass is 14.5. The Balaban J connectivity index is 2.04. The summed E-state index contributed by atoms with van der Waals surface area (Å²) in [6.07, 6.45) is 11.4. The molecule has 0 aliphatic heterocycles. The first-order valence-corrected chi connectivity index (χ1v) is 10.6. The Bertz CT molecular complexity index is 955. The molecule has 0 spiro atoms. The molecule has 0 saturated heterocycles. The molecule has 2 aromatic rings. The van der Waals surface area contributed by atoms with E-state index in [-0.39, 0.29) is 5.41 Å². The highest BCUT2D eigenvalue weighted by molar-refractivity contribution is 5.87. The van der Waals surface area contributed by atoms with Crippen molar-refractivity contribution in [3.63, 3.8) is 0 Å². The van der Waals surface area contributed by atoms with E-state index in [0.717, 1.165) is 18.5 Å². The van der Waals surface area contributed by atoms with Crippen LogP contribution < -0.4 is 5.73 Å². The number of allylic oxidation sites excluding steroid dienone is 6. The summed E-state index contributed by atoms with van der Waals surface area (Å²) >= 11 is 0. The van der Waals surface area contributed by atoms with Gasteiger partial charge in [0.1, 0.15) is 0 Å². The smallest absolute Gasteiger partial charge is 0.0314 e. The summed E-state index contributed by atoms with van der Waals surface area (Å²) in [7, 11) is 0. The Labute approximate surface area is 177 Å². The van der Waals surface area contributed by atoms with Crippen LogP contribution in [0.4, 0.5) is 5.69 Å². The third-order valence-electron chi connectivity index (χ3n) is 5.35. The third kappa shape index (κ3) is 5.50. The topological polar surface area (TPSA) is 26.0 Å². The SMILES string of the molecule is CC(C)(C)CC1=CCC=C(c2ccc(C(C)(C)C)cc2-c2ccc(N)cc2)C=C1. The molecular weight excluding hydrogens is 350 g/mol. The summed E-state index contributed by atoms with van der Waals surface area (Å²) < 4.78 is 0. The molecule has 0 saturated carbocycles. The molecule has 0 heterocycles. The van der Waals surface area contributed by atoms with Crippen molar-refractivity contribution < 1.29 is 0 Å². The second-order valence-electron chi connectivity index (χ2n) is 10.4. The first-order chi connectivity index (χ1) is 13.5. The van der Waals surface area contributed by atoms with Gasteiger partial charge in [-0.15, -0.1) is 0 Å². The van der Waals surface area contributed by atoms with E-state index in [1.165, 1.54) is 33.4 Å². The zero-order valence-corrected chi connectivity index (χ0v) is 18.8. The van der Waals surface area contributed by atoms with E-state index in [1.807, 2.05) is 12.1 Å². The predicted molar refractivity (Wildman–Crippen MR) is 129 cm³/mol. The van der Waals surface area contributed by atoms with Gasteiger partial charge in [-0.1, -0.05) is 102 Å². The molecule has 152 valence electrons. The fourth-order valence-corrected chi connectivity index (χ4v) is 3.78. The third-order valence-corrected chi connectivity index (χ3v) is 5.35. The van der Waals surface area contributed by atoms with Crippen LogP contribution in [0.1, 0.15) is 65.5 Å². The molecule has 0 radical (unpaired) electrons. The van der Waals surface area contributed by atoms with E-state index < -0.39 is 0 Å². The van der Waals surface area contributed by atoms with Gasteiger partial charge in [0.2, 0.25) is 0 Å². The maximum Gasteiger partial charge on any atom is 0.0314 e. The van der Waals surface area contributed by atoms with Crippen LogP contribution in [0.2, 0.25) is 0 Å². The number of rotatable bonds is 3. The molecule has 1 aliphatic rings. The first-order valence-electron chi connectivity index (χ1n) is 10.6. The molecule has 1 nitrogen and oxygen atoms in total. The van der Waals surface area contributed by atoms with Gasteiger partial charge in [-0.3, -0.25) is 0 Å². The molecule has 1 aliphatic carbocycles. The number of benzene rings is 2. The van der Waals surface area contributed by atoms with Crippen LogP contribution in [0.25, 0.3) is 16.7 Å². The van der Waals surface area contributed by atoms with Crippen molar-refractivity contribution in [3.05, 3.63) is 83.5 Å². The highest BCUT2D eigenvalue weighted by Gasteiger charge is 2.18. The van der Waals surface area contributed by atoms with Gasteiger partial charge in [-0.2, -0.15) is 0 Å². The van der Waals surface area contributed by atoms with Gasteiger partial charge in [-0.25, -0.2) is 0 Å². The normalized spacial score (nSPS) is 15.0. The number of hydrogen-bond donors (Lipinski definition) is 1. The van der Waals surface area contributed by atoms with Gasteiger partial charge in [0, 0.05) is 5.69 Å². The molecule has 0 aromatic heterocycles. The van der Waals surface area contributed by atoms with Crippen LogP contribution in [0.15, 0.2) is 72.3 Å². The molecule has 3 rings (SSSR count). The Kier molecular flexibility index (Phi) is 5.89. The average Bonchev–Trinajstić information content (AvgIpc) is 2.85. The highest BCUT2D eigenvalue weighted by Crippen LogP contribution is 2.36. The van der Waals surface area contributed by atoms with Gasteiger partial charge in [0.25, 0.3) is 0 Å². The maximum absolute atomic E-state index is 5.94. The summed E-state index contributed by atoms with van der Waals surface area (Å²) in [5.74, 6) is 0. The van der Waals surface area contributed by atoms with Crippen LogP contribution in [0, 0.1) is 5.41 Å². The van der Waals surface area contributed by atoms with Gasteiger partial charge < -0.3 is 5.73 Å². The summed E-state index contributed by atoms with van der Waals surface area (Å²) in [5, 5.41) is 0. The summed E-state index contributed by atoms with van der Waals surface area (Å²) in [5.41, 5.74) is 15.0. The predicted octanol–water partition coefficient (Wildman–Crippen LogP) is 7.94. The lowest BCUT2D eigenvalue weighted by molar-refractivity contribution is 0.413. The zero-order valence-electron chi connectivity index (χ0n) is 18.8. The second-order valence-corrected chi connectivity index (χ2v) is 10.4. The van der Waals surface area contributed by atoms with Gasteiger partial charge in [0.05, 0.1) is 0 Å². The fraction of sp³-hybridized carbons (Fsp3) is 0.357. The molecule has 2 aromatic carbocycles. The standard InChI is InChI=1S/C28H35N/c1-27(2,3)19-20-8-7-9-21(11-10-20)25-17-14-23(28(4,5)6)18-26(25)22-12-15-24(29)16-13-22/h8-18H,7,19,29H2,1-6H3. The molecule has 0 atom stereocenters. The van der Waals surface area contributed by atoms with E-state index in [2.05, 4.69) is 96.2 Å². The van der Waals surface area contributed by atoms with Crippen LogP contribution in [-0.2, 0) is 5.41 Å². The minimum absolute atomic E-state index is 0.107. The van der Waals surface area contributed by atoms with E-state index in [1.54, 1.807) is 0 Å². The van der Waals surface area contributed by atoms with Crippen LogP contribution in [0.5, 0.6) is 0 Å². The van der Waals surface area contributed by atoms with Crippen LogP contribution in [0.3, 0.4) is 0 Å². The van der Waals surface area contributed by atoms with Gasteiger partial charge in [-0.05, 0) is 63.6 Å². The summed E-state index contributed by atoms with van der Waals surface area (Å²) in [6.45, 7) is 13.7. The van der Waals surface area contributed by atoms with Crippen molar-refractivity contribution in [1.82, 2.24) is 0 Å². The Morgan fingerprint density at radius 1 is 0.793 bits per heavy atom. The minimum Gasteiger partial charge on any atom is -0.399 e. The molecule has 0 fully saturated rings. The number of nitrogen functional groups attached to an aromatic ring is 1. The minimum atomic E-state index is 0.107. The van der Waals surface area contributed by atoms with Gasteiger partial charge in [0.15, 0.2) is 0 Å². The van der Waals surface area contributed by atoms with Crippen molar-refractivity contribution in [3.8, 4) is 11.1 Å². The molecule has 2 N–H and O–H groups in total. The van der Waals surface area contributed by atoms with Crippen LogP contribution >= 0.6 is 0 Å². The van der Waals surface area contributed by atoms with E-state index in [0.29, 0.717) is 5.41 Å². The molecule has 0 bridgehead atoms. The fourth-order valence-electron chi connectivity index (χ4n) is 3.78. The molecule has 0 unspecified atom stereocenters. The Morgan fingerprint density at radius 2 is 1.48 bits per heavy atom. The lowest BCUT2D eigenvalue weighted by atomic mass is 9.83. The maximum atomic E-state index is 5.94. The zero-order chi connectivity index (χ0) is 21.2. The lowest BCUT2D eigenvalue weighted by Gasteiger charge is -2.22. The first kappa shape index (κ1) is 21.2. The average molecular weight is 386 g/mol. The van der Waals surface area contributed by atoms with E-state index in [4.69, 9.17) is 5.73 Å². The summed E-state index contributed by atoms with van der Waals surface area (Å²) in [4.78, 5) is 0. The number of nitrogens with two attached hydrogens (primary N) is 1. The molecule has 0 amide bonds. The van der Waals surface area contributed by atoms with Crippen molar-refractivity contribution in [2.45, 2.75) is 59.8 Å². The molecule has 1 heteroatoms. The van der Waals surface area contributed by atoms with E-state index >= 15 is 0 Å². The quantitative estimate of drug-likeness (QED) is 0.533. The number of hydrogen-bond acceptors (Lipinski definition) is 1. The molecule has 29 heavy (non-hydrogen) atoms. The van der Waals surface area contributed by atoms with Crippen molar-refractivity contribution in [2.24, 2.45) is 5.41 Å².